The lowest BCUT2D eigenvalue weighted by Crippen LogP contribution is -2.57. The number of nitrogens with one attached hydrogen (secondary N) is 1. The number of carbonyl (C=O) groups is 4. The normalized spacial score (nSPS) is 15.5. The Balaban J connectivity index is 0.000000525. The van der Waals surface area contributed by atoms with Gasteiger partial charge < -0.3 is 25.8 Å². The van der Waals surface area contributed by atoms with Gasteiger partial charge >= 0.3 is 5.97 Å². The number of hydrogen-bond donors (Lipinski definition) is 3. The van der Waals surface area contributed by atoms with Crippen LogP contribution in [0.15, 0.2) is 24.3 Å². The van der Waals surface area contributed by atoms with E-state index in [4.69, 9.17) is 22.0 Å². The van der Waals surface area contributed by atoms with Gasteiger partial charge in [-0.2, -0.15) is 0 Å². The van der Waals surface area contributed by atoms with Crippen molar-refractivity contribution < 1.29 is 29.0 Å². The summed E-state index contributed by atoms with van der Waals surface area (Å²) >= 11 is 0. The Hall–Kier alpha value is -3.38. The molecule has 2 rings (SSSR count). The minimum Gasteiger partial charge on any atom is -0.481 e. The lowest BCUT2D eigenvalue weighted by atomic mass is 9.85. The van der Waals surface area contributed by atoms with E-state index in [-0.39, 0.29) is 24.7 Å². The molecule has 0 saturated carbocycles. The zero-order valence-electron chi connectivity index (χ0n) is 23.8. The number of nitrogens with two attached hydrogens (primary N) is 1. The summed E-state index contributed by atoms with van der Waals surface area (Å²) in [5.41, 5.74) is 7.09. The Morgan fingerprint density at radius 1 is 1.13 bits per heavy atom. The van der Waals surface area contributed by atoms with Gasteiger partial charge in [-0.05, 0) is 55.2 Å². The van der Waals surface area contributed by atoms with Gasteiger partial charge in [0.25, 0.3) is 0 Å². The van der Waals surface area contributed by atoms with E-state index in [0.29, 0.717) is 25.8 Å². The third-order valence-corrected chi connectivity index (χ3v) is 6.54. The van der Waals surface area contributed by atoms with Crippen LogP contribution in [0.2, 0.25) is 0 Å². The van der Waals surface area contributed by atoms with Gasteiger partial charge in [0.1, 0.15) is 12.1 Å². The van der Waals surface area contributed by atoms with E-state index < -0.39 is 29.4 Å². The van der Waals surface area contributed by atoms with Gasteiger partial charge in [0, 0.05) is 32.1 Å². The number of primary amides is 1. The van der Waals surface area contributed by atoms with Crippen molar-refractivity contribution in [1.82, 2.24) is 10.2 Å². The molecule has 1 aromatic rings. The van der Waals surface area contributed by atoms with Crippen LogP contribution in [0.25, 0.3) is 0 Å². The smallest absolute Gasteiger partial charge is 0.303 e. The number of carboxylic acids is 1. The van der Waals surface area contributed by atoms with Crippen molar-refractivity contribution >= 4 is 23.7 Å². The molecule has 2 atom stereocenters. The first-order valence-corrected chi connectivity index (χ1v) is 13.6. The highest BCUT2D eigenvalue weighted by Gasteiger charge is 2.41. The van der Waals surface area contributed by atoms with E-state index in [1.54, 1.807) is 7.11 Å². The minimum absolute atomic E-state index is 0.143. The van der Waals surface area contributed by atoms with Crippen LogP contribution >= 0.6 is 0 Å². The highest BCUT2D eigenvalue weighted by atomic mass is 16.5. The van der Waals surface area contributed by atoms with Crippen molar-refractivity contribution in [3.8, 4) is 12.3 Å². The van der Waals surface area contributed by atoms with E-state index in [1.807, 2.05) is 45.0 Å². The maximum atomic E-state index is 13.0. The molecule has 1 saturated heterocycles. The van der Waals surface area contributed by atoms with E-state index >= 15 is 0 Å². The standard InChI is InChI=1S/C19H33N3O5.C11H12O/c1-19(2,3)16(18(27)22-12-8-9-13(22)17(20)26)21-14(23)10-6-4-5-7-11-15(24)25;1-3-10-4-6-11(7-5-10)8-9-12-2/h13,16H,4-12H2,1-3H3,(H2,20,26)(H,21,23)(H,24,25);1,4-7H,8-9H2,2H3. The largest absolute Gasteiger partial charge is 0.481 e. The molecule has 1 fully saturated rings. The number of benzene rings is 1. The molecule has 3 amide bonds. The molecule has 0 aliphatic carbocycles. The Kier molecular flexibility index (Phi) is 14.9. The van der Waals surface area contributed by atoms with Gasteiger partial charge in [-0.1, -0.05) is 51.7 Å². The summed E-state index contributed by atoms with van der Waals surface area (Å²) in [5.74, 6) is 0.780. The van der Waals surface area contributed by atoms with Crippen LogP contribution in [-0.4, -0.2) is 66.0 Å². The number of aliphatic carboxylic acids is 1. The average molecular weight is 544 g/mol. The number of carboxylic acid groups (broad SMARTS) is 1. The zero-order valence-corrected chi connectivity index (χ0v) is 23.8. The highest BCUT2D eigenvalue weighted by Crippen LogP contribution is 2.26. The molecule has 216 valence electrons. The van der Waals surface area contributed by atoms with Gasteiger partial charge in [-0.15, -0.1) is 6.42 Å². The average Bonchev–Trinajstić information content (AvgIpc) is 3.38. The molecule has 0 radical (unpaired) electrons. The second-order valence-corrected chi connectivity index (χ2v) is 10.9. The summed E-state index contributed by atoms with van der Waals surface area (Å²) in [6.45, 7) is 6.85. The molecule has 0 aromatic heterocycles. The Morgan fingerprint density at radius 2 is 1.74 bits per heavy atom. The monoisotopic (exact) mass is 543 g/mol. The number of unbranched alkanes of at least 4 members (excludes halogenated alkanes) is 3. The minimum atomic E-state index is -0.810. The molecular formula is C30H45N3O6. The van der Waals surface area contributed by atoms with Gasteiger partial charge in [0.05, 0.1) is 6.61 Å². The predicted octanol–water partition coefficient (Wildman–Crippen LogP) is 3.28. The number of likely N-dealkylation sites (tertiary alicyclic amines) is 1. The van der Waals surface area contributed by atoms with Crippen LogP contribution in [0, 0.1) is 17.8 Å². The molecule has 2 unspecified atom stereocenters. The van der Waals surface area contributed by atoms with Gasteiger partial charge in [-0.3, -0.25) is 19.2 Å². The Bertz CT molecular complexity index is 978. The molecule has 1 aromatic carbocycles. The summed E-state index contributed by atoms with van der Waals surface area (Å²) in [4.78, 5) is 48.8. The predicted molar refractivity (Wildman–Crippen MR) is 151 cm³/mol. The van der Waals surface area contributed by atoms with Crippen molar-refractivity contribution in [2.24, 2.45) is 11.1 Å². The fourth-order valence-electron chi connectivity index (χ4n) is 4.28. The Labute approximate surface area is 232 Å². The molecule has 1 aliphatic heterocycles. The second kappa shape index (κ2) is 17.3. The topological polar surface area (TPSA) is 139 Å². The SMILES string of the molecule is C#Cc1ccc(CCOC)cc1.CC(C)(C)C(NC(=O)CCCCCCC(=O)O)C(=O)N1CCCC1C(N)=O. The van der Waals surface area contributed by atoms with Crippen molar-refractivity contribution in [2.45, 2.75) is 90.6 Å². The number of amides is 3. The summed E-state index contributed by atoms with van der Waals surface area (Å²) in [7, 11) is 1.70. The first-order chi connectivity index (χ1) is 18.4. The number of carbonyl (C=O) groups excluding carboxylic acids is 3. The summed E-state index contributed by atoms with van der Waals surface area (Å²) in [6.07, 6.45) is 10.6. The van der Waals surface area contributed by atoms with Crippen LogP contribution in [-0.2, 0) is 30.3 Å². The van der Waals surface area contributed by atoms with Crippen molar-refractivity contribution in [3.05, 3.63) is 35.4 Å². The van der Waals surface area contributed by atoms with Crippen LogP contribution in [0.5, 0.6) is 0 Å². The lowest BCUT2D eigenvalue weighted by molar-refractivity contribution is -0.143. The molecule has 1 aliphatic rings. The van der Waals surface area contributed by atoms with E-state index in [9.17, 15) is 19.2 Å². The van der Waals surface area contributed by atoms with Gasteiger partial charge in [0.2, 0.25) is 17.7 Å². The third kappa shape index (κ3) is 12.8. The summed E-state index contributed by atoms with van der Waals surface area (Å²) < 4.78 is 4.96. The maximum absolute atomic E-state index is 13.0. The van der Waals surface area contributed by atoms with E-state index in [1.165, 1.54) is 10.5 Å². The third-order valence-electron chi connectivity index (χ3n) is 6.54. The molecule has 4 N–H and O–H groups in total. The molecule has 0 bridgehead atoms. The first-order valence-electron chi connectivity index (χ1n) is 13.6. The van der Waals surface area contributed by atoms with E-state index in [0.717, 1.165) is 37.9 Å². The number of ether oxygens (including phenoxy) is 1. The molecule has 39 heavy (non-hydrogen) atoms. The number of rotatable bonds is 13. The maximum Gasteiger partial charge on any atom is 0.303 e. The summed E-state index contributed by atoms with van der Waals surface area (Å²) in [6, 6.07) is 6.64. The molecular weight excluding hydrogens is 498 g/mol. The molecule has 9 heteroatoms. The highest BCUT2D eigenvalue weighted by molar-refractivity contribution is 5.92. The number of hydrogen-bond acceptors (Lipinski definition) is 5. The zero-order chi connectivity index (χ0) is 29.4. The first kappa shape index (κ1) is 33.6. The van der Waals surface area contributed by atoms with Crippen LogP contribution in [0.4, 0.5) is 0 Å². The fourth-order valence-corrected chi connectivity index (χ4v) is 4.28. The quantitative estimate of drug-likeness (QED) is 0.258. The lowest BCUT2D eigenvalue weighted by Gasteiger charge is -2.35. The van der Waals surface area contributed by atoms with Crippen molar-refractivity contribution in [2.75, 3.05) is 20.3 Å². The van der Waals surface area contributed by atoms with Gasteiger partial charge in [-0.25, -0.2) is 0 Å². The molecule has 1 heterocycles. The molecule has 9 nitrogen and oxygen atoms in total. The van der Waals surface area contributed by atoms with Crippen LogP contribution < -0.4 is 11.1 Å². The second-order valence-electron chi connectivity index (χ2n) is 10.9. The van der Waals surface area contributed by atoms with Crippen LogP contribution in [0.3, 0.4) is 0 Å². The molecule has 0 spiro atoms. The number of methoxy groups -OCH3 is 1. The van der Waals surface area contributed by atoms with Gasteiger partial charge in [0.15, 0.2) is 0 Å². The number of nitrogens with zero attached hydrogens (tertiary/aromatic N) is 1. The van der Waals surface area contributed by atoms with Crippen molar-refractivity contribution in [3.63, 3.8) is 0 Å². The van der Waals surface area contributed by atoms with E-state index in [2.05, 4.69) is 11.2 Å². The van der Waals surface area contributed by atoms with Crippen LogP contribution in [0.1, 0.15) is 83.3 Å². The fraction of sp³-hybridized carbons (Fsp3) is 0.600. The summed E-state index contributed by atoms with van der Waals surface area (Å²) in [5, 5.41) is 11.4. The number of terminal acetylenes is 1. The Morgan fingerprint density at radius 3 is 2.26 bits per heavy atom. The van der Waals surface area contributed by atoms with Crippen molar-refractivity contribution in [1.29, 1.82) is 0 Å².